The predicted octanol–water partition coefficient (Wildman–Crippen LogP) is 2.99. The molecule has 0 saturated carbocycles. The Morgan fingerprint density at radius 2 is 1.88 bits per heavy atom. The Balaban J connectivity index is 0.00000225. The van der Waals surface area contributed by atoms with Crippen LogP contribution in [0, 0.1) is 6.92 Å². The monoisotopic (exact) mass is 255 g/mol. The van der Waals surface area contributed by atoms with Crippen LogP contribution < -0.4 is 10.5 Å². The molecule has 0 fully saturated rings. The molecule has 0 spiro atoms. The Morgan fingerprint density at radius 1 is 1.31 bits per heavy atom. The van der Waals surface area contributed by atoms with Gasteiger partial charge >= 0.3 is 6.18 Å². The summed E-state index contributed by atoms with van der Waals surface area (Å²) in [5, 5.41) is 0. The Morgan fingerprint density at radius 3 is 2.25 bits per heavy atom. The van der Waals surface area contributed by atoms with Crippen molar-refractivity contribution in [3.8, 4) is 5.75 Å². The van der Waals surface area contributed by atoms with Crippen LogP contribution in [0.3, 0.4) is 0 Å². The Kier molecular flexibility index (Phi) is 5.09. The fourth-order valence-corrected chi connectivity index (χ4v) is 1.30. The van der Waals surface area contributed by atoms with Crippen molar-refractivity contribution in [2.24, 2.45) is 5.73 Å². The van der Waals surface area contributed by atoms with Gasteiger partial charge in [-0.1, -0.05) is 6.07 Å². The first-order valence-corrected chi connectivity index (χ1v) is 4.33. The molecule has 0 unspecified atom stereocenters. The number of halogens is 4. The Hall–Kier alpha value is -0.940. The number of aryl methyl sites for hydroxylation is 1. The number of nitrogens with two attached hydrogens (primary N) is 1. The highest BCUT2D eigenvalue weighted by Gasteiger charge is 2.38. The van der Waals surface area contributed by atoms with Crippen molar-refractivity contribution >= 4 is 12.4 Å². The van der Waals surface area contributed by atoms with Crippen LogP contribution in [0.2, 0.25) is 0 Å². The second-order valence-corrected chi connectivity index (χ2v) is 3.24. The smallest absolute Gasteiger partial charge is 0.407 e. The van der Waals surface area contributed by atoms with Crippen molar-refractivity contribution in [2.75, 3.05) is 7.11 Å². The summed E-state index contributed by atoms with van der Waals surface area (Å²) in [7, 11) is 1.46. The molecule has 0 heterocycles. The summed E-state index contributed by atoms with van der Waals surface area (Å²) < 4.78 is 41.9. The van der Waals surface area contributed by atoms with Crippen molar-refractivity contribution in [3.63, 3.8) is 0 Å². The summed E-state index contributed by atoms with van der Waals surface area (Å²) in [6.07, 6.45) is -4.42. The summed E-state index contributed by atoms with van der Waals surface area (Å²) >= 11 is 0. The SMILES string of the molecule is COc1ccc([C@H](N)C(F)(F)F)c(C)c1.Cl. The quantitative estimate of drug-likeness (QED) is 0.882. The molecule has 0 radical (unpaired) electrons. The van der Waals surface area contributed by atoms with Gasteiger partial charge in [-0.25, -0.2) is 0 Å². The molecular formula is C10H13ClF3NO. The second kappa shape index (κ2) is 5.41. The number of alkyl halides is 3. The average Bonchev–Trinajstić information content (AvgIpc) is 2.15. The third-order valence-corrected chi connectivity index (χ3v) is 2.16. The first-order valence-electron chi connectivity index (χ1n) is 4.33. The van der Waals surface area contributed by atoms with E-state index < -0.39 is 12.2 Å². The highest BCUT2D eigenvalue weighted by molar-refractivity contribution is 5.85. The minimum atomic E-state index is -4.42. The molecule has 1 rings (SSSR count). The maximum Gasteiger partial charge on any atom is 0.407 e. The first kappa shape index (κ1) is 15.1. The molecule has 0 aromatic heterocycles. The van der Waals surface area contributed by atoms with Gasteiger partial charge in [-0.15, -0.1) is 12.4 Å². The van der Waals surface area contributed by atoms with E-state index in [-0.39, 0.29) is 18.0 Å². The molecule has 1 aromatic rings. The lowest BCUT2D eigenvalue weighted by Gasteiger charge is -2.18. The molecule has 0 aliphatic carbocycles. The van der Waals surface area contributed by atoms with Crippen LogP contribution in [0.4, 0.5) is 13.2 Å². The summed E-state index contributed by atoms with van der Waals surface area (Å²) in [4.78, 5) is 0. The third-order valence-electron chi connectivity index (χ3n) is 2.16. The zero-order valence-electron chi connectivity index (χ0n) is 8.84. The molecule has 16 heavy (non-hydrogen) atoms. The maximum absolute atomic E-state index is 12.3. The first-order chi connectivity index (χ1) is 6.86. The summed E-state index contributed by atoms with van der Waals surface area (Å²) in [6.45, 7) is 1.57. The number of hydrogen-bond acceptors (Lipinski definition) is 2. The lowest BCUT2D eigenvalue weighted by atomic mass is 10.0. The van der Waals surface area contributed by atoms with Crippen LogP contribution in [0.1, 0.15) is 17.2 Å². The Labute approximate surface area is 98.0 Å². The summed E-state index contributed by atoms with van der Waals surface area (Å²) in [6, 6.07) is 2.39. The fourth-order valence-electron chi connectivity index (χ4n) is 1.30. The number of methoxy groups -OCH3 is 1. The molecule has 0 saturated heterocycles. The Bertz CT molecular complexity index is 354. The van der Waals surface area contributed by atoms with Gasteiger partial charge in [-0.3, -0.25) is 0 Å². The van der Waals surface area contributed by atoms with E-state index >= 15 is 0 Å². The lowest BCUT2D eigenvalue weighted by molar-refractivity contribution is -0.149. The van der Waals surface area contributed by atoms with E-state index in [1.807, 2.05) is 0 Å². The van der Waals surface area contributed by atoms with Gasteiger partial charge in [0.05, 0.1) is 7.11 Å². The molecule has 0 aliphatic rings. The van der Waals surface area contributed by atoms with Gasteiger partial charge in [0.1, 0.15) is 11.8 Å². The van der Waals surface area contributed by atoms with E-state index in [9.17, 15) is 13.2 Å². The van der Waals surface area contributed by atoms with Crippen molar-refractivity contribution < 1.29 is 17.9 Å². The third kappa shape index (κ3) is 3.28. The molecule has 0 amide bonds. The van der Waals surface area contributed by atoms with Gasteiger partial charge in [0, 0.05) is 0 Å². The molecule has 92 valence electrons. The van der Waals surface area contributed by atoms with E-state index in [2.05, 4.69) is 0 Å². The highest BCUT2D eigenvalue weighted by atomic mass is 35.5. The number of hydrogen-bond donors (Lipinski definition) is 1. The summed E-state index contributed by atoms with van der Waals surface area (Å²) in [5.41, 5.74) is 5.64. The molecule has 1 atom stereocenters. The van der Waals surface area contributed by atoms with Crippen molar-refractivity contribution in [3.05, 3.63) is 29.3 Å². The van der Waals surface area contributed by atoms with Crippen molar-refractivity contribution in [1.82, 2.24) is 0 Å². The van der Waals surface area contributed by atoms with Crippen molar-refractivity contribution in [1.29, 1.82) is 0 Å². The molecule has 2 N–H and O–H groups in total. The molecule has 1 aromatic carbocycles. The van der Waals surface area contributed by atoms with Crippen LogP contribution in [-0.2, 0) is 0 Å². The molecule has 6 heteroatoms. The molecule has 0 aliphatic heterocycles. The van der Waals surface area contributed by atoms with E-state index in [0.717, 1.165) is 0 Å². The van der Waals surface area contributed by atoms with Crippen LogP contribution >= 0.6 is 12.4 Å². The standard InChI is InChI=1S/C10H12F3NO.ClH/c1-6-5-7(15-2)3-4-8(6)9(14)10(11,12)13;/h3-5,9H,14H2,1-2H3;1H/t9-;/m0./s1. The van der Waals surface area contributed by atoms with E-state index in [0.29, 0.717) is 11.3 Å². The van der Waals surface area contributed by atoms with Crippen LogP contribution in [0.5, 0.6) is 5.75 Å². The number of benzene rings is 1. The van der Waals surface area contributed by atoms with E-state index in [1.165, 1.54) is 25.3 Å². The van der Waals surface area contributed by atoms with Gasteiger partial charge in [0.15, 0.2) is 0 Å². The number of rotatable bonds is 2. The molecular weight excluding hydrogens is 243 g/mol. The van der Waals surface area contributed by atoms with Gasteiger partial charge in [-0.05, 0) is 30.2 Å². The van der Waals surface area contributed by atoms with Gasteiger partial charge < -0.3 is 10.5 Å². The predicted molar refractivity (Wildman–Crippen MR) is 58.0 cm³/mol. The highest BCUT2D eigenvalue weighted by Crippen LogP contribution is 2.33. The van der Waals surface area contributed by atoms with Gasteiger partial charge in [0.2, 0.25) is 0 Å². The fraction of sp³-hybridized carbons (Fsp3) is 0.400. The van der Waals surface area contributed by atoms with Crippen molar-refractivity contribution in [2.45, 2.75) is 19.1 Å². The molecule has 0 bridgehead atoms. The topological polar surface area (TPSA) is 35.2 Å². The van der Waals surface area contributed by atoms with Gasteiger partial charge in [0.25, 0.3) is 0 Å². The largest absolute Gasteiger partial charge is 0.497 e. The van der Waals surface area contributed by atoms with E-state index in [1.54, 1.807) is 6.92 Å². The normalized spacial score (nSPS) is 12.9. The zero-order valence-corrected chi connectivity index (χ0v) is 9.65. The van der Waals surface area contributed by atoms with Crippen LogP contribution in [0.15, 0.2) is 18.2 Å². The minimum Gasteiger partial charge on any atom is -0.497 e. The minimum absolute atomic E-state index is 0. The second-order valence-electron chi connectivity index (χ2n) is 3.24. The van der Waals surface area contributed by atoms with Gasteiger partial charge in [-0.2, -0.15) is 13.2 Å². The lowest BCUT2D eigenvalue weighted by Crippen LogP contribution is -2.29. The average molecular weight is 256 g/mol. The van der Waals surface area contributed by atoms with Crippen LogP contribution in [-0.4, -0.2) is 13.3 Å². The maximum atomic E-state index is 12.3. The number of ether oxygens (including phenoxy) is 1. The zero-order chi connectivity index (χ0) is 11.6. The molecule has 2 nitrogen and oxygen atoms in total. The van der Waals surface area contributed by atoms with Crippen LogP contribution in [0.25, 0.3) is 0 Å². The van der Waals surface area contributed by atoms with E-state index in [4.69, 9.17) is 10.5 Å². The summed E-state index contributed by atoms with van der Waals surface area (Å²) in [5.74, 6) is 0.519.